The minimum Gasteiger partial charge on any atom is -0.480 e. The van der Waals surface area contributed by atoms with Gasteiger partial charge >= 0.3 is 5.97 Å². The molecule has 0 radical (unpaired) electrons. The van der Waals surface area contributed by atoms with E-state index in [9.17, 15) is 4.79 Å². The van der Waals surface area contributed by atoms with Crippen molar-refractivity contribution in [3.63, 3.8) is 0 Å². The van der Waals surface area contributed by atoms with Crippen molar-refractivity contribution in [2.75, 3.05) is 6.61 Å². The van der Waals surface area contributed by atoms with Gasteiger partial charge in [-0.1, -0.05) is 0 Å². The van der Waals surface area contributed by atoms with Crippen LogP contribution in [0.4, 0.5) is 0 Å². The second-order valence-electron chi connectivity index (χ2n) is 4.90. The van der Waals surface area contributed by atoms with Crippen molar-refractivity contribution in [3.8, 4) is 0 Å². The SMILES string of the molecule is O=C(O)C1CCCC(CCC2CCCO2)N1. The van der Waals surface area contributed by atoms with Gasteiger partial charge in [0, 0.05) is 12.6 Å². The number of rotatable bonds is 4. The average Bonchev–Trinajstić information content (AvgIpc) is 2.79. The molecule has 2 fully saturated rings. The van der Waals surface area contributed by atoms with Gasteiger partial charge in [0.05, 0.1) is 6.10 Å². The van der Waals surface area contributed by atoms with Crippen LogP contribution in [0.3, 0.4) is 0 Å². The van der Waals surface area contributed by atoms with E-state index >= 15 is 0 Å². The van der Waals surface area contributed by atoms with E-state index in [1.54, 1.807) is 0 Å². The van der Waals surface area contributed by atoms with Gasteiger partial charge in [0.25, 0.3) is 0 Å². The molecule has 3 atom stereocenters. The molecule has 92 valence electrons. The number of ether oxygens (including phenoxy) is 1. The molecule has 0 aromatic carbocycles. The summed E-state index contributed by atoms with van der Waals surface area (Å²) < 4.78 is 5.57. The highest BCUT2D eigenvalue weighted by atomic mass is 16.5. The Hall–Kier alpha value is -0.610. The smallest absolute Gasteiger partial charge is 0.320 e. The van der Waals surface area contributed by atoms with Crippen molar-refractivity contribution in [2.24, 2.45) is 0 Å². The summed E-state index contributed by atoms with van der Waals surface area (Å²) in [5.41, 5.74) is 0. The Labute approximate surface area is 96.4 Å². The van der Waals surface area contributed by atoms with Crippen LogP contribution >= 0.6 is 0 Å². The van der Waals surface area contributed by atoms with Gasteiger partial charge in [-0.15, -0.1) is 0 Å². The van der Waals surface area contributed by atoms with Gasteiger partial charge in [0.1, 0.15) is 6.04 Å². The molecule has 0 aromatic heterocycles. The summed E-state index contributed by atoms with van der Waals surface area (Å²) in [6, 6.07) is 0.0438. The average molecular weight is 227 g/mol. The third-order valence-electron chi connectivity index (χ3n) is 3.64. The molecule has 4 heteroatoms. The van der Waals surface area contributed by atoms with E-state index in [0.717, 1.165) is 38.7 Å². The van der Waals surface area contributed by atoms with Crippen LogP contribution in [0.15, 0.2) is 0 Å². The molecule has 0 aromatic rings. The van der Waals surface area contributed by atoms with Crippen LogP contribution in [0, 0.1) is 0 Å². The van der Waals surface area contributed by atoms with E-state index in [0.29, 0.717) is 12.1 Å². The van der Waals surface area contributed by atoms with Gasteiger partial charge in [-0.25, -0.2) is 0 Å². The molecule has 0 aliphatic carbocycles. The fourth-order valence-electron chi connectivity index (χ4n) is 2.70. The maximum atomic E-state index is 10.9. The number of aliphatic carboxylic acids is 1. The Bertz CT molecular complexity index is 238. The molecule has 0 bridgehead atoms. The van der Waals surface area contributed by atoms with Gasteiger partial charge in [-0.05, 0) is 44.9 Å². The van der Waals surface area contributed by atoms with Crippen LogP contribution in [-0.4, -0.2) is 35.9 Å². The van der Waals surface area contributed by atoms with Crippen LogP contribution in [0.2, 0.25) is 0 Å². The van der Waals surface area contributed by atoms with Crippen molar-refractivity contribution in [1.82, 2.24) is 5.32 Å². The first-order chi connectivity index (χ1) is 7.75. The predicted molar refractivity (Wildman–Crippen MR) is 60.4 cm³/mol. The summed E-state index contributed by atoms with van der Waals surface area (Å²) in [5, 5.41) is 12.2. The second kappa shape index (κ2) is 5.64. The summed E-state index contributed by atoms with van der Waals surface area (Å²) in [5.74, 6) is -0.707. The minimum absolute atomic E-state index is 0.330. The Morgan fingerprint density at radius 1 is 1.25 bits per heavy atom. The number of carboxylic acids is 1. The second-order valence-corrected chi connectivity index (χ2v) is 4.90. The lowest BCUT2D eigenvalue weighted by Crippen LogP contribution is -2.46. The van der Waals surface area contributed by atoms with Crippen LogP contribution in [0.5, 0.6) is 0 Å². The normalized spacial score (nSPS) is 35.1. The van der Waals surface area contributed by atoms with E-state index in [-0.39, 0.29) is 6.04 Å². The first kappa shape index (κ1) is 11.9. The molecule has 2 aliphatic rings. The molecule has 3 unspecified atom stereocenters. The number of carboxylic acid groups (broad SMARTS) is 1. The van der Waals surface area contributed by atoms with Gasteiger partial charge in [-0.2, -0.15) is 0 Å². The first-order valence-corrected chi connectivity index (χ1v) is 6.36. The van der Waals surface area contributed by atoms with Crippen molar-refractivity contribution in [1.29, 1.82) is 0 Å². The van der Waals surface area contributed by atoms with E-state index in [1.165, 1.54) is 12.8 Å². The molecule has 0 saturated carbocycles. The van der Waals surface area contributed by atoms with E-state index < -0.39 is 5.97 Å². The Morgan fingerprint density at radius 2 is 2.12 bits per heavy atom. The third kappa shape index (κ3) is 3.19. The summed E-state index contributed by atoms with van der Waals surface area (Å²) in [4.78, 5) is 10.9. The zero-order valence-corrected chi connectivity index (χ0v) is 9.65. The van der Waals surface area contributed by atoms with Gasteiger partial charge in [0.15, 0.2) is 0 Å². The van der Waals surface area contributed by atoms with Crippen LogP contribution in [0.1, 0.15) is 44.9 Å². The van der Waals surface area contributed by atoms with E-state index in [2.05, 4.69) is 5.32 Å². The fourth-order valence-corrected chi connectivity index (χ4v) is 2.70. The van der Waals surface area contributed by atoms with Crippen LogP contribution in [-0.2, 0) is 9.53 Å². The number of hydrogen-bond acceptors (Lipinski definition) is 3. The lowest BCUT2D eigenvalue weighted by molar-refractivity contribution is -0.140. The molecule has 2 heterocycles. The number of hydrogen-bond donors (Lipinski definition) is 2. The summed E-state index contributed by atoms with van der Waals surface area (Å²) in [6.45, 7) is 0.903. The lowest BCUT2D eigenvalue weighted by atomic mass is 9.94. The molecule has 4 nitrogen and oxygen atoms in total. The highest BCUT2D eigenvalue weighted by molar-refractivity contribution is 5.73. The molecular formula is C12H21NO3. The molecule has 0 spiro atoms. The minimum atomic E-state index is -0.707. The Kier molecular flexibility index (Phi) is 4.18. The quantitative estimate of drug-likeness (QED) is 0.765. The van der Waals surface area contributed by atoms with Crippen LogP contribution in [0.25, 0.3) is 0 Å². The van der Waals surface area contributed by atoms with Crippen LogP contribution < -0.4 is 5.32 Å². The topological polar surface area (TPSA) is 58.6 Å². The molecule has 2 aliphatic heterocycles. The molecule has 2 rings (SSSR count). The molecule has 2 saturated heterocycles. The zero-order valence-electron chi connectivity index (χ0n) is 9.65. The maximum Gasteiger partial charge on any atom is 0.320 e. The Balaban J connectivity index is 1.70. The van der Waals surface area contributed by atoms with Crippen molar-refractivity contribution in [3.05, 3.63) is 0 Å². The van der Waals surface area contributed by atoms with E-state index in [4.69, 9.17) is 9.84 Å². The van der Waals surface area contributed by atoms with Crippen molar-refractivity contribution in [2.45, 2.75) is 63.1 Å². The summed E-state index contributed by atoms with van der Waals surface area (Å²) >= 11 is 0. The molecular weight excluding hydrogens is 206 g/mol. The van der Waals surface area contributed by atoms with Gasteiger partial charge in [-0.3, -0.25) is 4.79 Å². The van der Waals surface area contributed by atoms with Crippen molar-refractivity contribution < 1.29 is 14.6 Å². The van der Waals surface area contributed by atoms with E-state index in [1.807, 2.05) is 0 Å². The first-order valence-electron chi connectivity index (χ1n) is 6.36. The van der Waals surface area contributed by atoms with Gasteiger partial charge < -0.3 is 15.2 Å². The highest BCUT2D eigenvalue weighted by Gasteiger charge is 2.26. The Morgan fingerprint density at radius 3 is 2.81 bits per heavy atom. The molecule has 0 amide bonds. The zero-order chi connectivity index (χ0) is 11.4. The highest BCUT2D eigenvalue weighted by Crippen LogP contribution is 2.21. The fraction of sp³-hybridized carbons (Fsp3) is 0.917. The monoisotopic (exact) mass is 227 g/mol. The lowest BCUT2D eigenvalue weighted by Gasteiger charge is -2.29. The maximum absolute atomic E-state index is 10.9. The molecule has 16 heavy (non-hydrogen) atoms. The summed E-state index contributed by atoms with van der Waals surface area (Å²) in [7, 11) is 0. The number of carbonyl (C=O) groups is 1. The predicted octanol–water partition coefficient (Wildman–Crippen LogP) is 1.54. The number of nitrogens with one attached hydrogen (secondary N) is 1. The number of piperidine rings is 1. The molecule has 2 N–H and O–H groups in total. The third-order valence-corrected chi connectivity index (χ3v) is 3.64. The standard InChI is InChI=1S/C12H21NO3/c14-12(15)11-5-1-3-9(13-11)6-7-10-4-2-8-16-10/h9-11,13H,1-8H2,(H,14,15). The van der Waals surface area contributed by atoms with Gasteiger partial charge in [0.2, 0.25) is 0 Å². The summed E-state index contributed by atoms with van der Waals surface area (Å²) in [6.07, 6.45) is 7.81. The van der Waals surface area contributed by atoms with Crippen molar-refractivity contribution >= 4 is 5.97 Å². The largest absolute Gasteiger partial charge is 0.480 e.